The fourth-order valence-electron chi connectivity index (χ4n) is 3.61. The van der Waals surface area contributed by atoms with Crippen molar-refractivity contribution in [2.75, 3.05) is 98.7 Å². The van der Waals surface area contributed by atoms with Gasteiger partial charge in [0, 0.05) is 59.0 Å². The molecule has 0 aromatic carbocycles. The van der Waals surface area contributed by atoms with Gasteiger partial charge < -0.3 is 54.4 Å². The van der Waals surface area contributed by atoms with E-state index in [1.807, 2.05) is 13.8 Å². The normalized spacial score (nSPS) is 10.6. The van der Waals surface area contributed by atoms with Gasteiger partial charge in [0.2, 0.25) is 0 Å². The maximum atomic E-state index is 12.3. The van der Waals surface area contributed by atoms with Crippen molar-refractivity contribution in [3.63, 3.8) is 0 Å². The van der Waals surface area contributed by atoms with Crippen molar-refractivity contribution in [3.8, 4) is 0 Å². The summed E-state index contributed by atoms with van der Waals surface area (Å²) in [5, 5.41) is 10.3. The van der Waals surface area contributed by atoms with E-state index in [0.717, 1.165) is 0 Å². The third-order valence-corrected chi connectivity index (χ3v) is 5.82. The van der Waals surface area contributed by atoms with E-state index in [-0.39, 0.29) is 78.1 Å². The number of ether oxygens (including phenoxy) is 7. The van der Waals surface area contributed by atoms with Gasteiger partial charge in [-0.15, -0.1) is 0 Å². The molecule has 0 rings (SSSR count). The number of carbonyl (C=O) groups is 6. The zero-order valence-corrected chi connectivity index (χ0v) is 28.8. The van der Waals surface area contributed by atoms with Crippen LogP contribution in [0.5, 0.6) is 0 Å². The van der Waals surface area contributed by atoms with Crippen LogP contribution in [0.2, 0.25) is 0 Å². The summed E-state index contributed by atoms with van der Waals surface area (Å²) in [6.45, 7) is 9.83. The molecule has 0 aliphatic rings. The number of rotatable bonds is 28. The molecule has 48 heavy (non-hydrogen) atoms. The van der Waals surface area contributed by atoms with E-state index < -0.39 is 36.4 Å². The number of carbonyl (C=O) groups excluding carboxylic acids is 6. The van der Waals surface area contributed by atoms with Crippen molar-refractivity contribution < 1.29 is 61.9 Å². The Morgan fingerprint density at radius 3 is 1.44 bits per heavy atom. The molecule has 0 unspecified atom stereocenters. The fraction of sp³-hybridized carbons (Fsp3) is 0.800. The lowest BCUT2D eigenvalue weighted by atomic mass is 10.2. The second-order valence-corrected chi connectivity index (χ2v) is 10.3. The molecule has 4 amide bonds. The molecule has 0 aromatic heterocycles. The Balaban J connectivity index is 4.10. The summed E-state index contributed by atoms with van der Waals surface area (Å²) < 4.78 is 36.2. The van der Waals surface area contributed by atoms with Crippen LogP contribution < -0.4 is 21.3 Å². The molecule has 0 aromatic rings. The van der Waals surface area contributed by atoms with E-state index in [1.165, 1.54) is 13.8 Å². The summed E-state index contributed by atoms with van der Waals surface area (Å²) in [4.78, 5) is 71.5. The molecule has 0 spiro atoms. The minimum Gasteiger partial charge on any atom is -0.465 e. The second-order valence-electron chi connectivity index (χ2n) is 10.3. The van der Waals surface area contributed by atoms with Crippen LogP contribution in [-0.2, 0) is 42.7 Å². The molecule has 0 aliphatic carbocycles. The van der Waals surface area contributed by atoms with E-state index in [2.05, 4.69) is 21.3 Å². The van der Waals surface area contributed by atoms with E-state index in [9.17, 15) is 28.8 Å². The van der Waals surface area contributed by atoms with Crippen LogP contribution in [0.25, 0.3) is 0 Å². The third kappa shape index (κ3) is 29.5. The Morgan fingerprint density at radius 1 is 0.542 bits per heavy atom. The first-order chi connectivity index (χ1) is 23.1. The standard InChI is InChI=1S/C30H55N5O13/c1-5-15-45-27(38)31-9-7-26(8-10-32-28(39)46-16-6-2)48-30(41)34-12-18-43-22-21-42-17-11-33-29(40)47-20-14-35(23-24(3)36)13-19-44-25(4)37/h26H,5-23H2,1-4H3,(H,31,38)(H,32,39)(H,33,40)(H,34,41). The highest BCUT2D eigenvalue weighted by atomic mass is 16.6. The summed E-state index contributed by atoms with van der Waals surface area (Å²) in [6, 6.07) is 0. The van der Waals surface area contributed by atoms with Gasteiger partial charge in [-0.1, -0.05) is 13.8 Å². The molecule has 4 N–H and O–H groups in total. The number of nitrogens with zero attached hydrogens (tertiary/aromatic N) is 1. The molecule has 0 radical (unpaired) electrons. The highest BCUT2D eigenvalue weighted by molar-refractivity contribution is 5.77. The Bertz CT molecular complexity index is 900. The first-order valence-electron chi connectivity index (χ1n) is 16.2. The second kappa shape index (κ2) is 30.4. The van der Waals surface area contributed by atoms with Gasteiger partial charge in [0.05, 0.1) is 46.2 Å². The van der Waals surface area contributed by atoms with Crippen LogP contribution >= 0.6 is 0 Å². The summed E-state index contributed by atoms with van der Waals surface area (Å²) in [6.07, 6.45) is -1.01. The first kappa shape index (κ1) is 44.1. The van der Waals surface area contributed by atoms with Crippen LogP contribution in [-0.4, -0.2) is 146 Å². The Labute approximate surface area is 282 Å². The van der Waals surface area contributed by atoms with Gasteiger partial charge in [0.15, 0.2) is 0 Å². The fourth-order valence-corrected chi connectivity index (χ4v) is 3.61. The van der Waals surface area contributed by atoms with Crippen molar-refractivity contribution in [2.24, 2.45) is 0 Å². The minimum atomic E-state index is -0.673. The van der Waals surface area contributed by atoms with Crippen LogP contribution in [0.4, 0.5) is 19.2 Å². The van der Waals surface area contributed by atoms with E-state index in [4.69, 9.17) is 33.2 Å². The van der Waals surface area contributed by atoms with Crippen LogP contribution in [0.15, 0.2) is 0 Å². The maximum absolute atomic E-state index is 12.3. The number of ketones is 1. The summed E-state index contributed by atoms with van der Waals surface area (Å²) in [7, 11) is 0. The number of esters is 1. The topological polar surface area (TPSA) is 218 Å². The van der Waals surface area contributed by atoms with Crippen molar-refractivity contribution in [3.05, 3.63) is 0 Å². The van der Waals surface area contributed by atoms with Crippen LogP contribution in [0.1, 0.15) is 53.4 Å². The van der Waals surface area contributed by atoms with Crippen molar-refractivity contribution in [2.45, 2.75) is 59.5 Å². The molecule has 0 saturated heterocycles. The first-order valence-corrected chi connectivity index (χ1v) is 16.2. The predicted octanol–water partition coefficient (Wildman–Crippen LogP) is 1.35. The molecule has 0 heterocycles. The summed E-state index contributed by atoms with van der Waals surface area (Å²) >= 11 is 0. The smallest absolute Gasteiger partial charge is 0.407 e. The van der Waals surface area contributed by atoms with Gasteiger partial charge in [0.25, 0.3) is 0 Å². The van der Waals surface area contributed by atoms with Gasteiger partial charge >= 0.3 is 30.3 Å². The predicted molar refractivity (Wildman–Crippen MR) is 172 cm³/mol. The molecule has 18 nitrogen and oxygen atoms in total. The van der Waals surface area contributed by atoms with Crippen molar-refractivity contribution in [1.29, 1.82) is 0 Å². The van der Waals surface area contributed by atoms with Gasteiger partial charge in [-0.25, -0.2) is 19.2 Å². The van der Waals surface area contributed by atoms with Crippen molar-refractivity contribution in [1.82, 2.24) is 26.2 Å². The zero-order chi connectivity index (χ0) is 35.8. The molecule has 0 aliphatic heterocycles. The molecular weight excluding hydrogens is 638 g/mol. The van der Waals surface area contributed by atoms with Gasteiger partial charge in [-0.05, 0) is 19.8 Å². The number of hydrogen-bond donors (Lipinski definition) is 4. The monoisotopic (exact) mass is 693 g/mol. The number of amides is 4. The van der Waals surface area contributed by atoms with E-state index in [1.54, 1.807) is 4.90 Å². The largest absolute Gasteiger partial charge is 0.465 e. The van der Waals surface area contributed by atoms with Crippen LogP contribution in [0.3, 0.4) is 0 Å². The molecule has 0 bridgehead atoms. The van der Waals surface area contributed by atoms with E-state index >= 15 is 0 Å². The summed E-state index contributed by atoms with van der Waals surface area (Å²) in [5.41, 5.74) is 0. The lowest BCUT2D eigenvalue weighted by Crippen LogP contribution is -2.36. The van der Waals surface area contributed by atoms with E-state index in [0.29, 0.717) is 52.0 Å². The Hall–Kier alpha value is -3.90. The third-order valence-electron chi connectivity index (χ3n) is 5.82. The molecule has 0 fully saturated rings. The molecule has 278 valence electrons. The number of Topliss-reactive ketones (excluding diaryl/α,β-unsaturated/α-hetero) is 1. The average molecular weight is 694 g/mol. The number of alkyl carbamates (subject to hydrolysis) is 4. The molecule has 0 saturated carbocycles. The average Bonchev–Trinajstić information content (AvgIpc) is 3.02. The Morgan fingerprint density at radius 2 is 0.979 bits per heavy atom. The van der Waals surface area contributed by atoms with Gasteiger partial charge in [-0.3, -0.25) is 14.5 Å². The minimum absolute atomic E-state index is 0.0512. The van der Waals surface area contributed by atoms with Gasteiger partial charge in [-0.2, -0.15) is 0 Å². The number of nitrogens with one attached hydrogen (secondary N) is 4. The summed E-state index contributed by atoms with van der Waals surface area (Å²) in [5.74, 6) is -0.472. The Kier molecular flexibility index (Phi) is 28.0. The number of hydrogen-bond acceptors (Lipinski definition) is 14. The lowest BCUT2D eigenvalue weighted by molar-refractivity contribution is -0.141. The highest BCUT2D eigenvalue weighted by Gasteiger charge is 2.16. The van der Waals surface area contributed by atoms with Crippen molar-refractivity contribution >= 4 is 36.1 Å². The quantitative estimate of drug-likeness (QED) is 0.0517. The molecular formula is C30H55N5O13. The SMILES string of the molecule is CCCOC(=O)NCCC(CCNC(=O)OCCC)OC(=O)NCCOCCOCCNC(=O)OCCN(CCOC(C)=O)CC(C)=O. The maximum Gasteiger partial charge on any atom is 0.407 e. The van der Waals surface area contributed by atoms with Gasteiger partial charge in [0.1, 0.15) is 25.1 Å². The highest BCUT2D eigenvalue weighted by Crippen LogP contribution is 2.04. The zero-order valence-electron chi connectivity index (χ0n) is 28.8. The molecule has 18 heteroatoms. The molecule has 0 atom stereocenters. The van der Waals surface area contributed by atoms with Crippen LogP contribution in [0, 0.1) is 0 Å². The lowest BCUT2D eigenvalue weighted by Gasteiger charge is -2.20.